The van der Waals surface area contributed by atoms with Crippen molar-refractivity contribution in [3.05, 3.63) is 161 Å². The van der Waals surface area contributed by atoms with Crippen molar-refractivity contribution in [2.75, 3.05) is 10.6 Å². The molecule has 1 atom stereocenters. The smallest absolute Gasteiger partial charge is 0.272 e. The van der Waals surface area contributed by atoms with Gasteiger partial charge in [0.15, 0.2) is 0 Å². The van der Waals surface area contributed by atoms with Crippen molar-refractivity contribution in [3.8, 4) is 5.75 Å². The number of hydrogen-bond donors (Lipinski definition) is 4. The van der Waals surface area contributed by atoms with E-state index in [2.05, 4.69) is 16.0 Å². The number of primary amides is 1. The summed E-state index contributed by atoms with van der Waals surface area (Å²) in [6.07, 6.45) is 2.14. The SMILES string of the molecule is CCC(Sc1cccc(NC(=O)/C(=C/c2ccc(OCc3ccccc3)cc2)NC(=O)c2ccccc2)c1)C(=O)Nc1ccc(C(N)=O)cc1. The zero-order chi connectivity index (χ0) is 35.3. The largest absolute Gasteiger partial charge is 0.489 e. The van der Waals surface area contributed by atoms with Gasteiger partial charge in [0.1, 0.15) is 18.1 Å². The lowest BCUT2D eigenvalue weighted by Crippen LogP contribution is -2.30. The highest BCUT2D eigenvalue weighted by molar-refractivity contribution is 8.00. The quantitative estimate of drug-likeness (QED) is 0.0716. The molecule has 0 heterocycles. The minimum atomic E-state index is -0.545. The first-order chi connectivity index (χ1) is 24.3. The molecule has 50 heavy (non-hydrogen) atoms. The van der Waals surface area contributed by atoms with E-state index in [1.54, 1.807) is 84.9 Å². The van der Waals surface area contributed by atoms with Crippen LogP contribution in [0.5, 0.6) is 5.75 Å². The van der Waals surface area contributed by atoms with Gasteiger partial charge >= 0.3 is 0 Å². The minimum absolute atomic E-state index is 0.0445. The summed E-state index contributed by atoms with van der Waals surface area (Å²) in [4.78, 5) is 52.0. The molecular weight excluding hydrogens is 649 g/mol. The highest BCUT2D eigenvalue weighted by Crippen LogP contribution is 2.29. The molecular formula is C40H36N4O5S. The van der Waals surface area contributed by atoms with E-state index in [1.807, 2.05) is 61.5 Å². The van der Waals surface area contributed by atoms with Crippen molar-refractivity contribution in [1.29, 1.82) is 0 Å². The Balaban J connectivity index is 1.28. The molecule has 1 unspecified atom stereocenters. The molecule has 5 aromatic rings. The van der Waals surface area contributed by atoms with Crippen LogP contribution in [0.2, 0.25) is 0 Å². The molecule has 252 valence electrons. The van der Waals surface area contributed by atoms with Crippen molar-refractivity contribution >= 4 is 52.8 Å². The predicted molar refractivity (Wildman–Crippen MR) is 198 cm³/mol. The van der Waals surface area contributed by atoms with Crippen LogP contribution in [0.4, 0.5) is 11.4 Å². The fourth-order valence-corrected chi connectivity index (χ4v) is 5.80. The maximum atomic E-state index is 13.7. The number of carbonyl (C=O) groups is 4. The lowest BCUT2D eigenvalue weighted by Gasteiger charge is -2.16. The molecule has 0 aromatic heterocycles. The van der Waals surface area contributed by atoms with Gasteiger partial charge in [0.2, 0.25) is 11.8 Å². The molecule has 5 rings (SSSR count). The van der Waals surface area contributed by atoms with Gasteiger partial charge < -0.3 is 26.4 Å². The molecule has 0 radical (unpaired) electrons. The zero-order valence-corrected chi connectivity index (χ0v) is 28.1. The molecule has 0 spiro atoms. The Morgan fingerprint density at radius 2 is 1.42 bits per heavy atom. The fourth-order valence-electron chi connectivity index (χ4n) is 4.78. The summed E-state index contributed by atoms with van der Waals surface area (Å²) in [5.41, 5.74) is 8.87. The Kier molecular flexibility index (Phi) is 12.2. The maximum Gasteiger partial charge on any atom is 0.272 e. The van der Waals surface area contributed by atoms with Crippen molar-refractivity contribution in [2.45, 2.75) is 30.1 Å². The molecule has 0 saturated heterocycles. The Hall–Kier alpha value is -6.13. The Labute approximate surface area is 294 Å². The molecule has 0 aliphatic carbocycles. The summed E-state index contributed by atoms with van der Waals surface area (Å²) in [6.45, 7) is 2.33. The van der Waals surface area contributed by atoms with Gasteiger partial charge in [-0.15, -0.1) is 11.8 Å². The molecule has 4 amide bonds. The van der Waals surface area contributed by atoms with Gasteiger partial charge in [-0.3, -0.25) is 19.2 Å². The van der Waals surface area contributed by atoms with Gasteiger partial charge in [0.25, 0.3) is 11.8 Å². The van der Waals surface area contributed by atoms with Crippen LogP contribution < -0.4 is 26.4 Å². The molecule has 10 heteroatoms. The number of rotatable bonds is 14. The Morgan fingerprint density at radius 1 is 0.740 bits per heavy atom. The van der Waals surface area contributed by atoms with Gasteiger partial charge in [-0.05, 0) is 90.4 Å². The number of benzene rings is 5. The third kappa shape index (κ3) is 10.2. The van der Waals surface area contributed by atoms with Crippen LogP contribution in [-0.4, -0.2) is 28.9 Å². The van der Waals surface area contributed by atoms with Crippen LogP contribution in [0, 0.1) is 0 Å². The second kappa shape index (κ2) is 17.3. The normalized spacial score (nSPS) is 11.6. The van der Waals surface area contributed by atoms with Crippen LogP contribution in [0.3, 0.4) is 0 Å². The minimum Gasteiger partial charge on any atom is -0.489 e. The summed E-state index contributed by atoms with van der Waals surface area (Å²) in [7, 11) is 0. The molecule has 5 aromatic carbocycles. The third-order valence-corrected chi connectivity index (χ3v) is 8.80. The Bertz CT molecular complexity index is 1970. The molecule has 0 aliphatic rings. The lowest BCUT2D eigenvalue weighted by atomic mass is 10.1. The number of anilines is 2. The predicted octanol–water partition coefficient (Wildman–Crippen LogP) is 7.28. The number of hydrogen-bond acceptors (Lipinski definition) is 6. The number of carbonyl (C=O) groups excluding carboxylic acids is 4. The molecule has 0 fully saturated rings. The van der Waals surface area contributed by atoms with Crippen LogP contribution in [0.25, 0.3) is 6.08 Å². The van der Waals surface area contributed by atoms with Crippen LogP contribution >= 0.6 is 11.8 Å². The molecule has 9 nitrogen and oxygen atoms in total. The number of thioether (sulfide) groups is 1. The van der Waals surface area contributed by atoms with E-state index in [0.29, 0.717) is 46.8 Å². The van der Waals surface area contributed by atoms with Crippen molar-refractivity contribution < 1.29 is 23.9 Å². The first-order valence-corrected chi connectivity index (χ1v) is 16.8. The van der Waals surface area contributed by atoms with E-state index < -0.39 is 23.0 Å². The second-order valence-electron chi connectivity index (χ2n) is 11.1. The fraction of sp³-hybridized carbons (Fsp3) is 0.100. The van der Waals surface area contributed by atoms with E-state index in [-0.39, 0.29) is 11.6 Å². The first kappa shape index (κ1) is 35.2. The Morgan fingerprint density at radius 3 is 2.08 bits per heavy atom. The average Bonchev–Trinajstić information content (AvgIpc) is 3.14. The van der Waals surface area contributed by atoms with Gasteiger partial charge in [-0.25, -0.2) is 0 Å². The van der Waals surface area contributed by atoms with Crippen molar-refractivity contribution in [3.63, 3.8) is 0 Å². The zero-order valence-electron chi connectivity index (χ0n) is 27.3. The van der Waals surface area contributed by atoms with Crippen LogP contribution in [0.15, 0.2) is 144 Å². The second-order valence-corrected chi connectivity index (χ2v) is 12.4. The summed E-state index contributed by atoms with van der Waals surface area (Å²) >= 11 is 1.35. The molecule has 0 saturated carbocycles. The van der Waals surface area contributed by atoms with Crippen LogP contribution in [0.1, 0.15) is 45.2 Å². The first-order valence-electron chi connectivity index (χ1n) is 15.9. The van der Waals surface area contributed by atoms with E-state index in [1.165, 1.54) is 11.8 Å². The lowest BCUT2D eigenvalue weighted by molar-refractivity contribution is -0.116. The molecule has 0 bridgehead atoms. The highest BCUT2D eigenvalue weighted by atomic mass is 32.2. The summed E-state index contributed by atoms with van der Waals surface area (Å²) in [5, 5.41) is 8.09. The van der Waals surface area contributed by atoms with Gasteiger partial charge in [0, 0.05) is 27.4 Å². The number of nitrogens with one attached hydrogen (secondary N) is 3. The summed E-state index contributed by atoms with van der Waals surface area (Å²) in [6, 6.07) is 39.2. The summed E-state index contributed by atoms with van der Waals surface area (Å²) in [5.74, 6) is -1.04. The van der Waals surface area contributed by atoms with E-state index in [9.17, 15) is 19.2 Å². The van der Waals surface area contributed by atoms with Crippen LogP contribution in [-0.2, 0) is 16.2 Å². The average molecular weight is 685 g/mol. The third-order valence-electron chi connectivity index (χ3n) is 7.44. The standard InChI is InChI=1S/C40H36N4O5S/c1-2-36(40(48)42-31-20-18-29(19-21-31)37(41)45)50-34-15-9-14-32(25-34)43-39(47)35(44-38(46)30-12-7-4-8-13-30)24-27-16-22-33(23-17-27)49-26-28-10-5-3-6-11-28/h3-25,36H,2,26H2,1H3,(H2,41,45)(H,42,48)(H,43,47)(H,44,46)/b35-24-. The monoisotopic (exact) mass is 684 g/mol. The van der Waals surface area contributed by atoms with Gasteiger partial charge in [0.05, 0.1) is 5.25 Å². The van der Waals surface area contributed by atoms with Gasteiger partial charge in [-0.1, -0.05) is 73.7 Å². The molecule has 5 N–H and O–H groups in total. The number of ether oxygens (including phenoxy) is 1. The van der Waals surface area contributed by atoms with Gasteiger partial charge in [-0.2, -0.15) is 0 Å². The molecule has 0 aliphatic heterocycles. The summed E-state index contributed by atoms with van der Waals surface area (Å²) < 4.78 is 5.89. The maximum absolute atomic E-state index is 13.7. The number of nitrogens with two attached hydrogens (primary N) is 1. The van der Waals surface area contributed by atoms with Crippen molar-refractivity contribution in [2.24, 2.45) is 5.73 Å². The van der Waals surface area contributed by atoms with E-state index in [0.717, 1.165) is 10.5 Å². The highest BCUT2D eigenvalue weighted by Gasteiger charge is 2.20. The topological polar surface area (TPSA) is 140 Å². The van der Waals surface area contributed by atoms with Crippen molar-refractivity contribution in [1.82, 2.24) is 5.32 Å². The number of amides is 4. The van der Waals surface area contributed by atoms with E-state index in [4.69, 9.17) is 10.5 Å². The van der Waals surface area contributed by atoms with E-state index >= 15 is 0 Å².